The van der Waals surface area contributed by atoms with Crippen molar-refractivity contribution in [3.05, 3.63) is 40.3 Å². The molecule has 2 aromatic heterocycles. The van der Waals surface area contributed by atoms with E-state index in [9.17, 15) is 0 Å². The van der Waals surface area contributed by atoms with Crippen molar-refractivity contribution in [1.82, 2.24) is 15.1 Å². The molecule has 92 valence electrons. The largest absolute Gasteiger partial charge is 0.310 e. The third-order valence-electron chi connectivity index (χ3n) is 2.98. The van der Waals surface area contributed by atoms with Crippen LogP contribution in [0.25, 0.3) is 0 Å². The first kappa shape index (κ1) is 12.3. The van der Waals surface area contributed by atoms with Gasteiger partial charge in [0.05, 0.1) is 5.69 Å². The van der Waals surface area contributed by atoms with Gasteiger partial charge in [-0.15, -0.1) is 11.3 Å². The van der Waals surface area contributed by atoms with Crippen molar-refractivity contribution in [3.8, 4) is 0 Å². The standard InChI is InChI=1S/C13H19N3S/c1-13(2,12-5-4-8-17-12)10-14-9-11-6-7-15-16(11)3/h4-8,14H,9-10H2,1-3H3. The van der Waals surface area contributed by atoms with Gasteiger partial charge in [-0.25, -0.2) is 0 Å². The van der Waals surface area contributed by atoms with E-state index in [0.29, 0.717) is 0 Å². The molecule has 0 aliphatic carbocycles. The Morgan fingerprint density at radius 3 is 2.82 bits per heavy atom. The first-order valence-electron chi connectivity index (χ1n) is 5.81. The second-order valence-electron chi connectivity index (χ2n) is 4.91. The number of rotatable bonds is 5. The number of hydrogen-bond acceptors (Lipinski definition) is 3. The number of aromatic nitrogens is 2. The van der Waals surface area contributed by atoms with Gasteiger partial charge in [-0.3, -0.25) is 4.68 Å². The average Bonchev–Trinajstić information content (AvgIpc) is 2.90. The van der Waals surface area contributed by atoms with Crippen molar-refractivity contribution in [1.29, 1.82) is 0 Å². The first-order valence-corrected chi connectivity index (χ1v) is 6.69. The van der Waals surface area contributed by atoms with E-state index in [1.165, 1.54) is 10.6 Å². The fourth-order valence-electron chi connectivity index (χ4n) is 1.83. The van der Waals surface area contributed by atoms with Crippen LogP contribution in [0.15, 0.2) is 29.8 Å². The van der Waals surface area contributed by atoms with Crippen molar-refractivity contribution in [3.63, 3.8) is 0 Å². The highest BCUT2D eigenvalue weighted by Crippen LogP contribution is 2.26. The topological polar surface area (TPSA) is 29.9 Å². The number of nitrogens with one attached hydrogen (secondary N) is 1. The van der Waals surface area contributed by atoms with Crippen LogP contribution in [-0.2, 0) is 19.0 Å². The fraction of sp³-hybridized carbons (Fsp3) is 0.462. The van der Waals surface area contributed by atoms with Gasteiger partial charge in [0, 0.05) is 36.6 Å². The first-order chi connectivity index (χ1) is 8.09. The van der Waals surface area contributed by atoms with E-state index in [-0.39, 0.29) is 5.41 Å². The lowest BCUT2D eigenvalue weighted by atomic mass is 9.91. The van der Waals surface area contributed by atoms with Crippen LogP contribution in [0.2, 0.25) is 0 Å². The van der Waals surface area contributed by atoms with Crippen molar-refractivity contribution < 1.29 is 0 Å². The summed E-state index contributed by atoms with van der Waals surface area (Å²) in [6.45, 7) is 6.38. The minimum absolute atomic E-state index is 0.187. The van der Waals surface area contributed by atoms with E-state index in [1.807, 2.05) is 35.3 Å². The van der Waals surface area contributed by atoms with Gasteiger partial charge >= 0.3 is 0 Å². The van der Waals surface area contributed by atoms with Crippen molar-refractivity contribution in [2.24, 2.45) is 7.05 Å². The van der Waals surface area contributed by atoms with Gasteiger partial charge in [-0.2, -0.15) is 5.10 Å². The molecule has 2 aromatic rings. The molecule has 0 saturated heterocycles. The highest BCUT2D eigenvalue weighted by Gasteiger charge is 2.20. The predicted molar refractivity (Wildman–Crippen MR) is 72.3 cm³/mol. The number of aryl methyl sites for hydroxylation is 1. The average molecular weight is 249 g/mol. The molecule has 0 aliphatic heterocycles. The van der Waals surface area contributed by atoms with Crippen LogP contribution in [0, 0.1) is 0 Å². The van der Waals surface area contributed by atoms with Gasteiger partial charge in [-0.05, 0) is 17.5 Å². The maximum absolute atomic E-state index is 4.16. The van der Waals surface area contributed by atoms with Crippen LogP contribution in [0.5, 0.6) is 0 Å². The van der Waals surface area contributed by atoms with Crippen LogP contribution in [0.4, 0.5) is 0 Å². The Hall–Kier alpha value is -1.13. The Morgan fingerprint density at radius 1 is 1.41 bits per heavy atom. The predicted octanol–water partition coefficient (Wildman–Crippen LogP) is 2.55. The van der Waals surface area contributed by atoms with Gasteiger partial charge in [-0.1, -0.05) is 19.9 Å². The molecule has 0 amide bonds. The normalized spacial score (nSPS) is 11.9. The highest BCUT2D eigenvalue weighted by molar-refractivity contribution is 7.10. The molecule has 1 N–H and O–H groups in total. The molecule has 0 atom stereocenters. The van der Waals surface area contributed by atoms with Crippen molar-refractivity contribution >= 4 is 11.3 Å². The monoisotopic (exact) mass is 249 g/mol. The lowest BCUT2D eigenvalue weighted by Gasteiger charge is -2.23. The Labute approximate surface area is 106 Å². The van der Waals surface area contributed by atoms with Crippen LogP contribution < -0.4 is 5.32 Å². The molecule has 3 nitrogen and oxygen atoms in total. The quantitative estimate of drug-likeness (QED) is 0.882. The Kier molecular flexibility index (Phi) is 3.64. The van der Waals surface area contributed by atoms with Crippen LogP contribution in [-0.4, -0.2) is 16.3 Å². The molecule has 0 bridgehead atoms. The summed E-state index contributed by atoms with van der Waals surface area (Å²) in [6, 6.07) is 6.37. The lowest BCUT2D eigenvalue weighted by Crippen LogP contribution is -2.32. The lowest BCUT2D eigenvalue weighted by molar-refractivity contribution is 0.469. The smallest absolute Gasteiger partial charge is 0.0518 e. The molecule has 2 rings (SSSR count). The van der Waals surface area contributed by atoms with Gasteiger partial charge < -0.3 is 5.32 Å². The molecular formula is C13H19N3S. The van der Waals surface area contributed by atoms with E-state index in [2.05, 4.69) is 41.8 Å². The third-order valence-corrected chi connectivity index (χ3v) is 4.22. The fourth-order valence-corrected chi connectivity index (χ4v) is 2.68. The van der Waals surface area contributed by atoms with E-state index in [0.717, 1.165) is 13.1 Å². The van der Waals surface area contributed by atoms with Crippen molar-refractivity contribution in [2.45, 2.75) is 25.8 Å². The molecule has 0 fully saturated rings. The van der Waals surface area contributed by atoms with Crippen molar-refractivity contribution in [2.75, 3.05) is 6.54 Å². The molecule has 2 heterocycles. The van der Waals surface area contributed by atoms with Crippen LogP contribution >= 0.6 is 11.3 Å². The zero-order valence-electron chi connectivity index (χ0n) is 10.6. The van der Waals surface area contributed by atoms with Gasteiger partial charge in [0.25, 0.3) is 0 Å². The number of thiophene rings is 1. The summed E-state index contributed by atoms with van der Waals surface area (Å²) < 4.78 is 1.91. The molecular weight excluding hydrogens is 230 g/mol. The zero-order valence-corrected chi connectivity index (χ0v) is 11.4. The Morgan fingerprint density at radius 2 is 2.24 bits per heavy atom. The zero-order chi connectivity index (χ0) is 12.3. The summed E-state index contributed by atoms with van der Waals surface area (Å²) in [5.41, 5.74) is 1.40. The summed E-state index contributed by atoms with van der Waals surface area (Å²) in [5.74, 6) is 0. The van der Waals surface area contributed by atoms with Gasteiger partial charge in [0.15, 0.2) is 0 Å². The molecule has 4 heteroatoms. The third kappa shape index (κ3) is 2.96. The van der Waals surface area contributed by atoms with Gasteiger partial charge in [0.2, 0.25) is 0 Å². The molecule has 0 aromatic carbocycles. The van der Waals surface area contributed by atoms with E-state index >= 15 is 0 Å². The second-order valence-corrected chi connectivity index (χ2v) is 5.86. The number of hydrogen-bond donors (Lipinski definition) is 1. The van der Waals surface area contributed by atoms with Gasteiger partial charge in [0.1, 0.15) is 0 Å². The highest BCUT2D eigenvalue weighted by atomic mass is 32.1. The summed E-state index contributed by atoms with van der Waals surface area (Å²) in [7, 11) is 1.97. The minimum Gasteiger partial charge on any atom is -0.310 e. The second kappa shape index (κ2) is 5.02. The minimum atomic E-state index is 0.187. The molecule has 0 saturated carbocycles. The van der Waals surface area contributed by atoms with Crippen LogP contribution in [0.1, 0.15) is 24.4 Å². The maximum atomic E-state index is 4.16. The SMILES string of the molecule is Cn1nccc1CNCC(C)(C)c1cccs1. The summed E-state index contributed by atoms with van der Waals surface area (Å²) in [5, 5.41) is 9.80. The summed E-state index contributed by atoms with van der Waals surface area (Å²) in [6.07, 6.45) is 1.83. The molecule has 0 radical (unpaired) electrons. The Balaban J connectivity index is 1.88. The van der Waals surface area contributed by atoms with Crippen LogP contribution in [0.3, 0.4) is 0 Å². The number of nitrogens with zero attached hydrogens (tertiary/aromatic N) is 2. The summed E-state index contributed by atoms with van der Waals surface area (Å²) in [4.78, 5) is 1.43. The molecule has 0 unspecified atom stereocenters. The molecule has 0 spiro atoms. The van der Waals surface area contributed by atoms with E-state index in [4.69, 9.17) is 0 Å². The van der Waals surface area contributed by atoms with E-state index in [1.54, 1.807) is 0 Å². The summed E-state index contributed by atoms with van der Waals surface area (Å²) >= 11 is 1.82. The van der Waals surface area contributed by atoms with E-state index < -0.39 is 0 Å². The maximum Gasteiger partial charge on any atom is 0.0518 e. The molecule has 17 heavy (non-hydrogen) atoms. The Bertz CT molecular complexity index is 457. The molecule has 0 aliphatic rings.